The van der Waals surface area contributed by atoms with E-state index in [1.165, 1.54) is 38.5 Å². The second-order valence-corrected chi connectivity index (χ2v) is 3.09. The summed E-state index contributed by atoms with van der Waals surface area (Å²) in [6, 6.07) is 0. The molecule has 0 saturated carbocycles. The average molecular weight is 163 g/mol. The van der Waals surface area contributed by atoms with Crippen LogP contribution in [0.15, 0.2) is 0 Å². The minimum absolute atomic E-state index is 0. The van der Waals surface area contributed by atoms with Crippen molar-refractivity contribution >= 4 is 0 Å². The van der Waals surface area contributed by atoms with E-state index in [1.807, 2.05) is 0 Å². The van der Waals surface area contributed by atoms with Crippen molar-refractivity contribution in [3.63, 3.8) is 0 Å². The fraction of sp³-hybridized carbons (Fsp3) is 1.00. The van der Waals surface area contributed by atoms with Crippen molar-refractivity contribution in [2.75, 3.05) is 13.1 Å². The van der Waals surface area contributed by atoms with E-state index < -0.39 is 0 Å². The van der Waals surface area contributed by atoms with Crippen molar-refractivity contribution in [1.82, 2.24) is 0 Å². The first-order valence-electron chi connectivity index (χ1n) is 5.05. The van der Waals surface area contributed by atoms with Gasteiger partial charge >= 0.3 is 18.9 Å². The summed E-state index contributed by atoms with van der Waals surface area (Å²) in [4.78, 5) is 0. The maximum absolute atomic E-state index is 4.45. The Balaban J connectivity index is 0. The van der Waals surface area contributed by atoms with Crippen molar-refractivity contribution in [2.45, 2.75) is 52.4 Å². The molecule has 0 aromatic carbocycles. The Labute approximate surface area is 89.9 Å². The molecule has 12 heavy (non-hydrogen) atoms. The second kappa shape index (κ2) is 14.1. The summed E-state index contributed by atoms with van der Waals surface area (Å²) < 4.78 is 0. The summed E-state index contributed by atoms with van der Waals surface area (Å²) in [5, 5.41) is 4.45. The summed E-state index contributed by atoms with van der Waals surface area (Å²) in [7, 11) is 0. The van der Waals surface area contributed by atoms with Gasteiger partial charge in [0.25, 0.3) is 0 Å². The summed E-state index contributed by atoms with van der Waals surface area (Å²) in [6.07, 6.45) is 7.90. The van der Waals surface area contributed by atoms with E-state index in [-0.39, 0.29) is 18.9 Å². The maximum Gasteiger partial charge on any atom is 1.00 e. The zero-order valence-corrected chi connectivity index (χ0v) is 9.10. The number of hydrogen-bond donors (Lipinski definition) is 0. The van der Waals surface area contributed by atoms with Crippen LogP contribution in [0, 0.1) is 0 Å². The second-order valence-electron chi connectivity index (χ2n) is 3.09. The van der Waals surface area contributed by atoms with Crippen molar-refractivity contribution in [2.24, 2.45) is 0 Å². The molecule has 0 N–H and O–H groups in total. The average Bonchev–Trinajstić information content (AvgIpc) is 2.03. The van der Waals surface area contributed by atoms with E-state index in [4.69, 9.17) is 0 Å². The van der Waals surface area contributed by atoms with Gasteiger partial charge in [-0.1, -0.05) is 52.4 Å². The number of rotatable bonds is 8. The van der Waals surface area contributed by atoms with E-state index in [1.54, 1.807) is 0 Å². The van der Waals surface area contributed by atoms with E-state index in [0.717, 1.165) is 13.1 Å². The normalized spacial score (nSPS) is 9.50. The van der Waals surface area contributed by atoms with Crippen molar-refractivity contribution in [1.29, 1.82) is 0 Å². The quantitative estimate of drug-likeness (QED) is 0.370. The Morgan fingerprint density at radius 2 is 1.17 bits per heavy atom. The molecule has 0 radical (unpaired) electrons. The van der Waals surface area contributed by atoms with Crippen LogP contribution in [0.2, 0.25) is 0 Å². The van der Waals surface area contributed by atoms with Gasteiger partial charge in [0, 0.05) is 0 Å². The molecule has 2 heteroatoms. The number of unbranched alkanes of at least 4 members (excludes halogenated alkanes) is 4. The third kappa shape index (κ3) is 13.2. The van der Waals surface area contributed by atoms with Gasteiger partial charge in [-0.25, -0.2) is 0 Å². The van der Waals surface area contributed by atoms with Gasteiger partial charge in [0.15, 0.2) is 0 Å². The minimum atomic E-state index is 0. The number of hydrogen-bond acceptors (Lipinski definition) is 0. The van der Waals surface area contributed by atoms with Crippen molar-refractivity contribution in [3.8, 4) is 0 Å². The van der Waals surface area contributed by atoms with Crippen molar-refractivity contribution < 1.29 is 18.9 Å². The first-order chi connectivity index (χ1) is 5.41. The van der Waals surface area contributed by atoms with Crippen LogP contribution in [0.3, 0.4) is 0 Å². The van der Waals surface area contributed by atoms with Gasteiger partial charge < -0.3 is 5.32 Å². The zero-order valence-electron chi connectivity index (χ0n) is 9.10. The van der Waals surface area contributed by atoms with Crippen molar-refractivity contribution in [3.05, 3.63) is 5.32 Å². The molecule has 0 amide bonds. The van der Waals surface area contributed by atoms with Gasteiger partial charge in [0.2, 0.25) is 0 Å². The van der Waals surface area contributed by atoms with Gasteiger partial charge in [0.05, 0.1) is 0 Å². The Kier molecular flexibility index (Phi) is 17.7. The molecule has 0 aromatic rings. The molecule has 0 unspecified atom stereocenters. The maximum atomic E-state index is 4.45. The molecule has 0 aromatic heterocycles. The third-order valence-corrected chi connectivity index (χ3v) is 1.84. The van der Waals surface area contributed by atoms with Crippen LogP contribution in [0.5, 0.6) is 0 Å². The largest absolute Gasteiger partial charge is 1.00 e. The van der Waals surface area contributed by atoms with Crippen LogP contribution < -0.4 is 18.9 Å². The van der Waals surface area contributed by atoms with Crippen LogP contribution >= 0.6 is 0 Å². The molecule has 0 atom stereocenters. The molecule has 0 aliphatic carbocycles. The first kappa shape index (κ1) is 15.0. The fourth-order valence-corrected chi connectivity index (χ4v) is 1.06. The predicted molar refractivity (Wildman–Crippen MR) is 52.1 cm³/mol. The molecule has 0 aliphatic heterocycles. The van der Waals surface area contributed by atoms with Gasteiger partial charge in [-0.2, -0.15) is 0 Å². The Morgan fingerprint density at radius 3 is 1.50 bits per heavy atom. The molecule has 1 nitrogen and oxygen atoms in total. The third-order valence-electron chi connectivity index (χ3n) is 1.84. The Hall–Kier alpha value is 0.557. The van der Waals surface area contributed by atoms with Gasteiger partial charge in [0.1, 0.15) is 0 Å². The van der Waals surface area contributed by atoms with Crippen LogP contribution in [0.1, 0.15) is 52.4 Å². The van der Waals surface area contributed by atoms with Gasteiger partial charge in [-0.3, -0.25) is 0 Å². The van der Waals surface area contributed by atoms with E-state index >= 15 is 0 Å². The van der Waals surface area contributed by atoms with Crippen LogP contribution in [0.4, 0.5) is 0 Å². The zero-order chi connectivity index (χ0) is 8.36. The van der Waals surface area contributed by atoms with E-state index in [9.17, 15) is 0 Å². The Bertz CT molecular complexity index is 58.9. The SMILES string of the molecule is CCCCC[N-]CCCCC.[Li+]. The molecule has 0 heterocycles. The minimum Gasteiger partial charge on any atom is -0.662 e. The van der Waals surface area contributed by atoms with Gasteiger partial charge in [-0.05, 0) is 0 Å². The summed E-state index contributed by atoms with van der Waals surface area (Å²) >= 11 is 0. The van der Waals surface area contributed by atoms with Crippen LogP contribution in [0.25, 0.3) is 5.32 Å². The van der Waals surface area contributed by atoms with Gasteiger partial charge in [-0.15, -0.1) is 13.1 Å². The van der Waals surface area contributed by atoms with Crippen LogP contribution in [-0.2, 0) is 0 Å². The predicted octanol–water partition coefficient (Wildman–Crippen LogP) is 0.744. The van der Waals surface area contributed by atoms with E-state index in [2.05, 4.69) is 19.2 Å². The standard InChI is InChI=1S/C10H22N.Li/c1-3-5-7-9-11-10-8-6-4-2;/h3-10H2,1-2H3;/q-1;+1. The topological polar surface area (TPSA) is 14.1 Å². The monoisotopic (exact) mass is 163 g/mol. The summed E-state index contributed by atoms with van der Waals surface area (Å²) in [6.45, 7) is 6.66. The summed E-state index contributed by atoms with van der Waals surface area (Å²) in [5.41, 5.74) is 0. The Morgan fingerprint density at radius 1 is 0.750 bits per heavy atom. The summed E-state index contributed by atoms with van der Waals surface area (Å²) in [5.74, 6) is 0. The van der Waals surface area contributed by atoms with Crippen LogP contribution in [-0.4, -0.2) is 13.1 Å². The molecule has 0 rings (SSSR count). The number of nitrogens with zero attached hydrogens (tertiary/aromatic N) is 1. The molecular weight excluding hydrogens is 141 g/mol. The molecule has 0 spiro atoms. The first-order valence-corrected chi connectivity index (χ1v) is 5.05. The molecule has 0 fully saturated rings. The molecule has 0 bridgehead atoms. The molecule has 0 saturated heterocycles. The molecule has 0 aliphatic rings. The molecular formula is C10H22LiN. The fourth-order valence-electron chi connectivity index (χ4n) is 1.06. The molecule has 68 valence electrons. The smallest absolute Gasteiger partial charge is 0.662 e. The van der Waals surface area contributed by atoms with E-state index in [0.29, 0.717) is 0 Å².